The Balaban J connectivity index is 1.73. The maximum absolute atomic E-state index is 12.5. The van der Waals surface area contributed by atoms with Crippen molar-refractivity contribution in [2.75, 3.05) is 11.9 Å². The molecule has 0 bridgehead atoms. The van der Waals surface area contributed by atoms with E-state index in [0.717, 1.165) is 29.7 Å². The number of thiocarbonyl (C=S) groups is 1. The molecule has 1 atom stereocenters. The maximum Gasteiger partial charge on any atom is 0.257 e. The fourth-order valence-electron chi connectivity index (χ4n) is 3.32. The van der Waals surface area contributed by atoms with Crippen LogP contribution in [0.5, 0.6) is 5.75 Å². The SMILES string of the molecule is CCOc1ccc(C(=O)NC(=S)Nc2sc3c(c2C(N)=O)CC[C@H](C)C3)cc1Cl. The molecule has 154 valence electrons. The first-order valence-corrected chi connectivity index (χ1v) is 10.9. The first-order valence-electron chi connectivity index (χ1n) is 9.29. The molecule has 1 aromatic carbocycles. The Labute approximate surface area is 183 Å². The van der Waals surface area contributed by atoms with Gasteiger partial charge >= 0.3 is 0 Å². The number of hydrogen-bond acceptors (Lipinski definition) is 5. The Hall–Kier alpha value is -2.16. The monoisotopic (exact) mass is 451 g/mol. The lowest BCUT2D eigenvalue weighted by Gasteiger charge is -2.18. The van der Waals surface area contributed by atoms with Crippen molar-refractivity contribution in [2.45, 2.75) is 33.1 Å². The van der Waals surface area contributed by atoms with Gasteiger partial charge in [-0.15, -0.1) is 11.3 Å². The smallest absolute Gasteiger partial charge is 0.257 e. The Morgan fingerprint density at radius 1 is 1.41 bits per heavy atom. The summed E-state index contributed by atoms with van der Waals surface area (Å²) < 4.78 is 5.37. The van der Waals surface area contributed by atoms with Gasteiger partial charge in [0.15, 0.2) is 5.11 Å². The number of fused-ring (bicyclic) bond motifs is 1. The fourth-order valence-corrected chi connectivity index (χ4v) is 5.24. The quantitative estimate of drug-likeness (QED) is 0.594. The van der Waals surface area contributed by atoms with Crippen molar-refractivity contribution in [1.82, 2.24) is 5.32 Å². The fraction of sp³-hybridized carbons (Fsp3) is 0.350. The molecule has 1 aliphatic rings. The molecule has 3 rings (SSSR count). The van der Waals surface area contributed by atoms with Crippen LogP contribution in [0.3, 0.4) is 0 Å². The number of nitrogens with one attached hydrogen (secondary N) is 2. The van der Waals surface area contributed by atoms with Crippen LogP contribution in [-0.4, -0.2) is 23.5 Å². The Morgan fingerprint density at radius 2 is 2.17 bits per heavy atom. The average molecular weight is 452 g/mol. The van der Waals surface area contributed by atoms with Crippen LogP contribution in [-0.2, 0) is 12.8 Å². The summed E-state index contributed by atoms with van der Waals surface area (Å²) in [4.78, 5) is 25.7. The zero-order valence-electron chi connectivity index (χ0n) is 16.1. The number of benzene rings is 1. The second-order valence-electron chi connectivity index (χ2n) is 6.91. The normalized spacial score (nSPS) is 15.3. The summed E-state index contributed by atoms with van der Waals surface area (Å²) in [5, 5.41) is 6.60. The molecule has 0 fully saturated rings. The summed E-state index contributed by atoms with van der Waals surface area (Å²) in [5.41, 5.74) is 7.42. The van der Waals surface area contributed by atoms with Gasteiger partial charge in [0.25, 0.3) is 11.8 Å². The molecule has 1 aromatic heterocycles. The lowest BCUT2D eigenvalue weighted by molar-refractivity contribution is 0.0975. The molecule has 1 aliphatic carbocycles. The number of rotatable bonds is 5. The van der Waals surface area contributed by atoms with Crippen LogP contribution < -0.4 is 21.1 Å². The van der Waals surface area contributed by atoms with Crippen molar-refractivity contribution >= 4 is 57.1 Å². The van der Waals surface area contributed by atoms with Gasteiger partial charge in [-0.1, -0.05) is 18.5 Å². The molecule has 0 radical (unpaired) electrons. The summed E-state index contributed by atoms with van der Waals surface area (Å²) in [6.07, 6.45) is 2.74. The van der Waals surface area contributed by atoms with Crippen molar-refractivity contribution in [3.8, 4) is 5.75 Å². The molecular weight excluding hydrogens is 430 g/mol. The summed E-state index contributed by atoms with van der Waals surface area (Å²) in [5.74, 6) is 0.164. The Bertz CT molecular complexity index is 974. The highest BCUT2D eigenvalue weighted by atomic mass is 35.5. The predicted octanol–water partition coefficient (Wildman–Crippen LogP) is 4.15. The minimum atomic E-state index is -0.494. The van der Waals surface area contributed by atoms with Gasteiger partial charge in [0.2, 0.25) is 0 Å². The zero-order chi connectivity index (χ0) is 21.1. The van der Waals surface area contributed by atoms with Crippen LogP contribution in [0.1, 0.15) is 51.4 Å². The molecule has 6 nitrogen and oxygen atoms in total. The van der Waals surface area contributed by atoms with Crippen molar-refractivity contribution in [2.24, 2.45) is 11.7 Å². The molecule has 0 spiro atoms. The van der Waals surface area contributed by atoms with Crippen LogP contribution in [0.25, 0.3) is 0 Å². The predicted molar refractivity (Wildman–Crippen MR) is 120 cm³/mol. The van der Waals surface area contributed by atoms with E-state index in [0.29, 0.717) is 39.4 Å². The van der Waals surface area contributed by atoms with E-state index in [1.54, 1.807) is 12.1 Å². The minimum Gasteiger partial charge on any atom is -0.492 e. The number of carbonyl (C=O) groups is 2. The van der Waals surface area contributed by atoms with Gasteiger partial charge in [-0.25, -0.2) is 0 Å². The number of thiophene rings is 1. The van der Waals surface area contributed by atoms with Gasteiger partial charge in [0, 0.05) is 10.4 Å². The van der Waals surface area contributed by atoms with Gasteiger partial charge in [-0.3, -0.25) is 14.9 Å². The number of amides is 2. The average Bonchev–Trinajstić information content (AvgIpc) is 3.00. The van der Waals surface area contributed by atoms with E-state index in [4.69, 9.17) is 34.3 Å². The number of halogens is 1. The van der Waals surface area contributed by atoms with Crippen LogP contribution in [0.15, 0.2) is 18.2 Å². The van der Waals surface area contributed by atoms with Crippen molar-refractivity contribution in [3.63, 3.8) is 0 Å². The van der Waals surface area contributed by atoms with Gasteiger partial charge in [-0.05, 0) is 68.1 Å². The van der Waals surface area contributed by atoms with E-state index in [1.807, 2.05) is 6.92 Å². The van der Waals surface area contributed by atoms with Crippen LogP contribution in [0.2, 0.25) is 5.02 Å². The molecule has 29 heavy (non-hydrogen) atoms. The van der Waals surface area contributed by atoms with Crippen molar-refractivity contribution in [3.05, 3.63) is 44.8 Å². The standard InChI is InChI=1S/C20H22ClN3O3S2/c1-3-27-14-7-5-11(9-13(14)21)18(26)23-20(28)24-19-16(17(22)25)12-6-4-10(2)8-15(12)29-19/h5,7,9-10H,3-4,6,8H2,1-2H3,(H2,22,25)(H2,23,24,26,28)/t10-/m0/s1. The third-order valence-corrected chi connectivity index (χ3v) is 6.38. The number of primary amides is 1. The molecular formula is C20H22ClN3O3S2. The molecule has 0 saturated heterocycles. The Kier molecular flexibility index (Phi) is 6.77. The highest BCUT2D eigenvalue weighted by Crippen LogP contribution is 2.39. The first kappa shape index (κ1) is 21.5. The van der Waals surface area contributed by atoms with E-state index in [1.165, 1.54) is 17.4 Å². The molecule has 9 heteroatoms. The molecule has 0 unspecified atom stereocenters. The molecule has 0 saturated carbocycles. The number of ether oxygens (including phenoxy) is 1. The van der Waals surface area contributed by atoms with Crippen LogP contribution in [0.4, 0.5) is 5.00 Å². The van der Waals surface area contributed by atoms with Gasteiger partial charge in [-0.2, -0.15) is 0 Å². The van der Waals surface area contributed by atoms with E-state index in [-0.39, 0.29) is 5.11 Å². The van der Waals surface area contributed by atoms with Crippen LogP contribution >= 0.6 is 35.2 Å². The molecule has 2 aromatic rings. The molecule has 4 N–H and O–H groups in total. The summed E-state index contributed by atoms with van der Waals surface area (Å²) in [6.45, 7) is 4.52. The third kappa shape index (κ3) is 4.88. The number of carbonyl (C=O) groups excluding carboxylic acids is 2. The zero-order valence-corrected chi connectivity index (χ0v) is 18.5. The summed E-state index contributed by atoms with van der Waals surface area (Å²) in [7, 11) is 0. The second kappa shape index (κ2) is 9.11. The largest absolute Gasteiger partial charge is 0.492 e. The lowest BCUT2D eigenvalue weighted by atomic mass is 9.88. The Morgan fingerprint density at radius 3 is 2.83 bits per heavy atom. The first-order chi connectivity index (χ1) is 13.8. The van der Waals surface area contributed by atoms with Gasteiger partial charge < -0.3 is 15.8 Å². The van der Waals surface area contributed by atoms with Crippen molar-refractivity contribution in [1.29, 1.82) is 0 Å². The third-order valence-electron chi connectivity index (χ3n) is 4.71. The van der Waals surface area contributed by atoms with E-state index in [2.05, 4.69) is 17.6 Å². The minimum absolute atomic E-state index is 0.0918. The molecule has 1 heterocycles. The van der Waals surface area contributed by atoms with Crippen molar-refractivity contribution < 1.29 is 14.3 Å². The van der Waals surface area contributed by atoms with Gasteiger partial charge in [0.1, 0.15) is 10.8 Å². The molecule has 0 aliphatic heterocycles. The van der Waals surface area contributed by atoms with E-state index < -0.39 is 11.8 Å². The maximum atomic E-state index is 12.5. The highest BCUT2D eigenvalue weighted by Gasteiger charge is 2.27. The number of nitrogens with two attached hydrogens (primary N) is 1. The summed E-state index contributed by atoms with van der Waals surface area (Å²) >= 11 is 12.9. The number of anilines is 1. The summed E-state index contributed by atoms with van der Waals surface area (Å²) in [6, 6.07) is 4.76. The molecule has 2 amide bonds. The number of hydrogen-bond donors (Lipinski definition) is 3. The van der Waals surface area contributed by atoms with E-state index in [9.17, 15) is 9.59 Å². The topological polar surface area (TPSA) is 93.4 Å². The van der Waals surface area contributed by atoms with E-state index >= 15 is 0 Å². The lowest BCUT2D eigenvalue weighted by Crippen LogP contribution is -2.34. The second-order valence-corrected chi connectivity index (χ2v) is 8.83. The van der Waals surface area contributed by atoms with Crippen LogP contribution in [0, 0.1) is 5.92 Å². The van der Waals surface area contributed by atoms with Gasteiger partial charge in [0.05, 0.1) is 17.2 Å². The highest BCUT2D eigenvalue weighted by molar-refractivity contribution is 7.80.